The summed E-state index contributed by atoms with van der Waals surface area (Å²) in [4.78, 5) is 9.43. The first-order valence-electron chi connectivity index (χ1n) is 12.0. The molecule has 8 heteroatoms. The summed E-state index contributed by atoms with van der Waals surface area (Å²) in [5.74, 6) is 0. The van der Waals surface area contributed by atoms with Gasteiger partial charge in [-0.15, -0.1) is 0 Å². The van der Waals surface area contributed by atoms with Crippen LogP contribution in [0.3, 0.4) is 0 Å². The highest BCUT2D eigenvalue weighted by molar-refractivity contribution is 7.47. The first-order valence-corrected chi connectivity index (χ1v) is 13.5. The van der Waals surface area contributed by atoms with Gasteiger partial charge in [0.25, 0.3) is 0 Å². The fourth-order valence-corrected chi connectivity index (χ4v) is 3.90. The Hall–Kier alpha value is -0.0100. The van der Waals surface area contributed by atoms with Crippen LogP contribution in [0.5, 0.6) is 0 Å². The number of unbranched alkanes of at least 4 members (excludes halogenated alkanes) is 13. The van der Waals surface area contributed by atoms with Gasteiger partial charge in [-0.05, 0) is 13.5 Å². The quantitative estimate of drug-likeness (QED) is 0.137. The minimum atomic E-state index is -4.11. The highest BCUT2D eigenvalue weighted by Gasteiger charge is 2.22. The van der Waals surface area contributed by atoms with Gasteiger partial charge in [0.15, 0.2) is 0 Å². The van der Waals surface area contributed by atoms with Crippen molar-refractivity contribution in [3.05, 3.63) is 0 Å². The highest BCUT2D eigenvalue weighted by Crippen LogP contribution is 2.42. The van der Waals surface area contributed by atoms with Crippen molar-refractivity contribution in [1.29, 1.82) is 0 Å². The van der Waals surface area contributed by atoms with E-state index < -0.39 is 13.9 Å². The van der Waals surface area contributed by atoms with Crippen LogP contribution in [0, 0.1) is 0 Å². The van der Waals surface area contributed by atoms with Gasteiger partial charge in [-0.3, -0.25) is 9.05 Å². The van der Waals surface area contributed by atoms with Gasteiger partial charge in [-0.1, -0.05) is 90.4 Å². The molecule has 182 valence electrons. The van der Waals surface area contributed by atoms with Gasteiger partial charge in [-0.25, -0.2) is 4.57 Å². The van der Waals surface area contributed by atoms with Gasteiger partial charge >= 0.3 is 7.82 Å². The summed E-state index contributed by atoms with van der Waals surface area (Å²) >= 11 is 0. The molecular weight excluding hydrogens is 405 g/mol. The SMILES string of the molecule is CCCCCCCCCCCCCCCCOC[C@@H](O)COP(=O)(O)OCCNC. The Labute approximate surface area is 184 Å². The van der Waals surface area contributed by atoms with Crippen molar-refractivity contribution in [3.63, 3.8) is 0 Å². The molecule has 30 heavy (non-hydrogen) atoms. The second-order valence-electron chi connectivity index (χ2n) is 8.03. The van der Waals surface area contributed by atoms with Crippen molar-refractivity contribution in [2.24, 2.45) is 0 Å². The molecule has 0 aromatic carbocycles. The van der Waals surface area contributed by atoms with Crippen molar-refractivity contribution in [1.82, 2.24) is 5.32 Å². The summed E-state index contributed by atoms with van der Waals surface area (Å²) in [7, 11) is -2.39. The van der Waals surface area contributed by atoms with Crippen molar-refractivity contribution in [3.8, 4) is 0 Å². The predicted molar refractivity (Wildman–Crippen MR) is 123 cm³/mol. The Morgan fingerprint density at radius 1 is 0.767 bits per heavy atom. The van der Waals surface area contributed by atoms with E-state index in [1.54, 1.807) is 7.05 Å². The summed E-state index contributed by atoms with van der Waals surface area (Å²) in [6, 6.07) is 0. The van der Waals surface area contributed by atoms with Crippen LogP contribution < -0.4 is 5.32 Å². The molecule has 0 spiro atoms. The number of phosphoric ester groups is 1. The van der Waals surface area contributed by atoms with Crippen LogP contribution in [-0.4, -0.2) is 56.1 Å². The lowest BCUT2D eigenvalue weighted by molar-refractivity contribution is 0.00222. The molecule has 0 saturated heterocycles. The van der Waals surface area contributed by atoms with E-state index in [1.807, 2.05) is 0 Å². The Morgan fingerprint density at radius 3 is 1.77 bits per heavy atom. The van der Waals surface area contributed by atoms with Crippen LogP contribution in [0.4, 0.5) is 0 Å². The van der Waals surface area contributed by atoms with Crippen LogP contribution in [-0.2, 0) is 18.3 Å². The topological polar surface area (TPSA) is 97.2 Å². The molecule has 7 nitrogen and oxygen atoms in total. The number of hydrogen-bond donors (Lipinski definition) is 3. The van der Waals surface area contributed by atoms with E-state index in [4.69, 9.17) is 13.8 Å². The molecule has 0 aliphatic rings. The average Bonchev–Trinajstić information content (AvgIpc) is 2.72. The third-order valence-corrected chi connectivity index (χ3v) is 5.97. The third-order valence-electron chi connectivity index (χ3n) is 4.99. The average molecular weight is 454 g/mol. The number of rotatable bonds is 24. The maximum Gasteiger partial charge on any atom is 0.472 e. The first-order chi connectivity index (χ1) is 14.5. The number of hydrogen-bond acceptors (Lipinski definition) is 6. The normalized spacial score (nSPS) is 14.7. The molecular formula is C22H48NO6P. The smallest absolute Gasteiger partial charge is 0.388 e. The molecule has 3 N–H and O–H groups in total. The van der Waals surface area contributed by atoms with Crippen LogP contribution in [0.1, 0.15) is 96.8 Å². The zero-order valence-electron chi connectivity index (χ0n) is 19.5. The fourth-order valence-electron chi connectivity index (χ4n) is 3.15. The van der Waals surface area contributed by atoms with E-state index in [9.17, 15) is 14.6 Å². The second kappa shape index (κ2) is 22.2. The number of aliphatic hydroxyl groups excluding tert-OH is 1. The predicted octanol–water partition coefficient (Wildman–Crippen LogP) is 5.20. The van der Waals surface area contributed by atoms with Gasteiger partial charge < -0.3 is 20.1 Å². The van der Waals surface area contributed by atoms with E-state index in [0.717, 1.165) is 12.8 Å². The largest absolute Gasteiger partial charge is 0.472 e. The zero-order valence-corrected chi connectivity index (χ0v) is 20.4. The summed E-state index contributed by atoms with van der Waals surface area (Å²) < 4.78 is 26.4. The Morgan fingerprint density at radius 2 is 1.27 bits per heavy atom. The highest BCUT2D eigenvalue weighted by atomic mass is 31.2. The molecule has 0 aliphatic carbocycles. The molecule has 0 bridgehead atoms. The van der Waals surface area contributed by atoms with E-state index in [1.165, 1.54) is 77.0 Å². The zero-order chi connectivity index (χ0) is 22.3. The van der Waals surface area contributed by atoms with E-state index in [-0.39, 0.29) is 19.8 Å². The van der Waals surface area contributed by atoms with Crippen LogP contribution >= 0.6 is 7.82 Å². The Kier molecular flexibility index (Phi) is 22.2. The van der Waals surface area contributed by atoms with Gasteiger partial charge in [-0.2, -0.15) is 0 Å². The first kappa shape index (κ1) is 30.0. The molecule has 0 radical (unpaired) electrons. The minimum absolute atomic E-state index is 0.0655. The fraction of sp³-hybridized carbons (Fsp3) is 1.00. The van der Waals surface area contributed by atoms with Crippen molar-refractivity contribution < 1.29 is 28.3 Å². The molecule has 0 fully saturated rings. The summed E-state index contributed by atoms with van der Waals surface area (Å²) in [6.45, 7) is 3.16. The van der Waals surface area contributed by atoms with Gasteiger partial charge in [0.1, 0.15) is 6.10 Å². The lowest BCUT2D eigenvalue weighted by Gasteiger charge is -2.15. The number of ether oxygens (including phenoxy) is 1. The van der Waals surface area contributed by atoms with E-state index >= 15 is 0 Å². The molecule has 0 aromatic heterocycles. The molecule has 2 atom stereocenters. The summed E-state index contributed by atoms with van der Waals surface area (Å²) in [5, 5.41) is 12.5. The van der Waals surface area contributed by atoms with Crippen molar-refractivity contribution in [2.75, 3.05) is 40.0 Å². The number of likely N-dealkylation sites (N-methyl/N-ethyl adjacent to an activating group) is 1. The van der Waals surface area contributed by atoms with E-state index in [0.29, 0.717) is 13.2 Å². The summed E-state index contributed by atoms with van der Waals surface area (Å²) in [5.41, 5.74) is 0. The molecule has 0 rings (SSSR count). The van der Waals surface area contributed by atoms with Crippen LogP contribution in [0.25, 0.3) is 0 Å². The molecule has 0 aromatic rings. The monoisotopic (exact) mass is 453 g/mol. The Balaban J connectivity index is 3.30. The maximum atomic E-state index is 11.5. The van der Waals surface area contributed by atoms with Gasteiger partial charge in [0.2, 0.25) is 0 Å². The molecule has 0 heterocycles. The third kappa shape index (κ3) is 22.7. The van der Waals surface area contributed by atoms with Gasteiger partial charge in [0.05, 0.1) is 19.8 Å². The Bertz CT molecular complexity index is 400. The lowest BCUT2D eigenvalue weighted by atomic mass is 10.0. The summed E-state index contributed by atoms with van der Waals surface area (Å²) in [6.07, 6.45) is 17.4. The second-order valence-corrected chi connectivity index (χ2v) is 9.48. The van der Waals surface area contributed by atoms with Crippen molar-refractivity contribution >= 4 is 7.82 Å². The maximum absolute atomic E-state index is 11.5. The molecule has 0 amide bonds. The van der Waals surface area contributed by atoms with Crippen LogP contribution in [0.2, 0.25) is 0 Å². The molecule has 1 unspecified atom stereocenters. The number of aliphatic hydroxyl groups is 1. The van der Waals surface area contributed by atoms with Gasteiger partial charge in [0, 0.05) is 13.2 Å². The van der Waals surface area contributed by atoms with E-state index in [2.05, 4.69) is 12.2 Å². The number of nitrogens with one attached hydrogen (secondary N) is 1. The minimum Gasteiger partial charge on any atom is -0.388 e. The molecule has 0 aliphatic heterocycles. The van der Waals surface area contributed by atoms with Crippen molar-refractivity contribution in [2.45, 2.75) is 103 Å². The number of phosphoric acid groups is 1. The molecule has 0 saturated carbocycles. The van der Waals surface area contributed by atoms with Crippen LogP contribution in [0.15, 0.2) is 0 Å². The lowest BCUT2D eigenvalue weighted by Crippen LogP contribution is -2.22. The standard InChI is InChI=1S/C22H48NO6P/c1-3-4-5-6-7-8-9-10-11-12-13-14-15-16-18-27-20-22(24)21-29-30(25,26)28-19-17-23-2/h22-24H,3-21H2,1-2H3,(H,25,26)/t22-/m1/s1.